The first-order valence-corrected chi connectivity index (χ1v) is 10.7. The molecule has 2 amide bonds. The maximum atomic E-state index is 12.3. The van der Waals surface area contributed by atoms with Crippen molar-refractivity contribution in [2.24, 2.45) is 0 Å². The zero-order chi connectivity index (χ0) is 19.8. The Hall–Kier alpha value is -2.35. The van der Waals surface area contributed by atoms with Crippen LogP contribution in [-0.2, 0) is 21.8 Å². The maximum Gasteiger partial charge on any atom is 0.232 e. The van der Waals surface area contributed by atoms with Gasteiger partial charge in [-0.15, -0.1) is 11.8 Å². The molecule has 0 atom stereocenters. The third-order valence-electron chi connectivity index (χ3n) is 4.72. The first-order chi connectivity index (χ1) is 13.6. The van der Waals surface area contributed by atoms with E-state index in [1.807, 2.05) is 35.2 Å². The zero-order valence-electron chi connectivity index (χ0n) is 16.1. The monoisotopic (exact) mass is 402 g/mol. The van der Waals surface area contributed by atoms with Crippen LogP contribution in [0.15, 0.2) is 34.9 Å². The first-order valence-electron chi connectivity index (χ1n) is 9.58. The highest BCUT2D eigenvalue weighted by Gasteiger charge is 2.23. The molecule has 1 saturated heterocycles. The number of hydrogen-bond donors (Lipinski definition) is 1. The van der Waals surface area contributed by atoms with Crippen LogP contribution in [0, 0.1) is 6.92 Å². The van der Waals surface area contributed by atoms with Crippen molar-refractivity contribution < 1.29 is 14.1 Å². The van der Waals surface area contributed by atoms with E-state index in [9.17, 15) is 9.59 Å². The van der Waals surface area contributed by atoms with Gasteiger partial charge in [0.25, 0.3) is 0 Å². The summed E-state index contributed by atoms with van der Waals surface area (Å²) < 4.78 is 4.92. The highest BCUT2D eigenvalue weighted by Crippen LogP contribution is 2.15. The lowest BCUT2D eigenvalue weighted by molar-refractivity contribution is -0.129. The predicted octanol–water partition coefficient (Wildman–Crippen LogP) is 2.35. The molecule has 2 aromatic rings. The molecule has 0 spiro atoms. The number of nitrogens with zero attached hydrogens (tertiary/aromatic N) is 3. The minimum Gasteiger partial charge on any atom is -0.353 e. The van der Waals surface area contributed by atoms with Crippen molar-refractivity contribution in [2.75, 3.05) is 18.8 Å². The number of thioether (sulfide) groups is 1. The van der Waals surface area contributed by atoms with Crippen molar-refractivity contribution in [2.45, 2.75) is 44.4 Å². The van der Waals surface area contributed by atoms with Gasteiger partial charge in [0, 0.05) is 32.5 Å². The number of piperidine rings is 1. The van der Waals surface area contributed by atoms with E-state index in [1.54, 1.807) is 6.92 Å². The fourth-order valence-electron chi connectivity index (χ4n) is 3.20. The van der Waals surface area contributed by atoms with Gasteiger partial charge in [-0.05, 0) is 24.8 Å². The lowest BCUT2D eigenvalue weighted by atomic mass is 10.0. The molecule has 1 N–H and O–H groups in total. The topological polar surface area (TPSA) is 88.3 Å². The van der Waals surface area contributed by atoms with Crippen LogP contribution in [0.1, 0.15) is 36.5 Å². The summed E-state index contributed by atoms with van der Waals surface area (Å²) >= 11 is 1.49. The zero-order valence-corrected chi connectivity index (χ0v) is 16.9. The molecule has 1 aliphatic heterocycles. The summed E-state index contributed by atoms with van der Waals surface area (Å²) in [5.74, 6) is 2.33. The Morgan fingerprint density at radius 3 is 2.68 bits per heavy atom. The van der Waals surface area contributed by atoms with Gasteiger partial charge in [0.15, 0.2) is 5.82 Å². The van der Waals surface area contributed by atoms with Crippen LogP contribution in [-0.4, -0.2) is 51.7 Å². The molecule has 0 saturated carbocycles. The average Bonchev–Trinajstić information content (AvgIpc) is 3.13. The maximum absolute atomic E-state index is 12.3. The number of nitrogens with one attached hydrogen (secondary N) is 1. The molecule has 0 bridgehead atoms. The van der Waals surface area contributed by atoms with Crippen LogP contribution in [0.25, 0.3) is 0 Å². The van der Waals surface area contributed by atoms with Gasteiger partial charge in [-0.25, -0.2) is 0 Å². The van der Waals surface area contributed by atoms with Crippen molar-refractivity contribution in [3.8, 4) is 0 Å². The number of likely N-dealkylation sites (tertiary alicyclic amines) is 1. The molecule has 0 radical (unpaired) electrons. The lowest BCUT2D eigenvalue weighted by Gasteiger charge is -2.32. The number of aromatic nitrogens is 2. The van der Waals surface area contributed by atoms with Gasteiger partial charge in [-0.1, -0.05) is 35.5 Å². The van der Waals surface area contributed by atoms with E-state index in [-0.39, 0.29) is 17.9 Å². The molecule has 0 aliphatic carbocycles. The van der Waals surface area contributed by atoms with Crippen molar-refractivity contribution in [1.29, 1.82) is 0 Å². The molecule has 28 heavy (non-hydrogen) atoms. The Labute approximate surface area is 169 Å². The van der Waals surface area contributed by atoms with E-state index in [0.717, 1.165) is 19.3 Å². The van der Waals surface area contributed by atoms with E-state index in [0.29, 0.717) is 42.7 Å². The van der Waals surface area contributed by atoms with Gasteiger partial charge in [0.05, 0.1) is 11.5 Å². The first kappa shape index (κ1) is 20.4. The fourth-order valence-corrected chi connectivity index (χ4v) is 3.96. The van der Waals surface area contributed by atoms with Gasteiger partial charge in [-0.2, -0.15) is 4.98 Å². The molecule has 0 unspecified atom stereocenters. The second-order valence-corrected chi connectivity index (χ2v) is 7.92. The summed E-state index contributed by atoms with van der Waals surface area (Å²) in [7, 11) is 0. The summed E-state index contributed by atoms with van der Waals surface area (Å²) in [4.78, 5) is 30.5. The quantitative estimate of drug-likeness (QED) is 0.729. The fraction of sp³-hybridized carbons (Fsp3) is 0.500. The van der Waals surface area contributed by atoms with Crippen LogP contribution in [0.4, 0.5) is 0 Å². The highest BCUT2D eigenvalue weighted by molar-refractivity contribution is 7.99. The number of carbonyl (C=O) groups excluding carboxylic acids is 2. The smallest absolute Gasteiger partial charge is 0.232 e. The second kappa shape index (κ2) is 10.3. The van der Waals surface area contributed by atoms with Crippen molar-refractivity contribution >= 4 is 23.6 Å². The van der Waals surface area contributed by atoms with Crippen LogP contribution in [0.2, 0.25) is 0 Å². The average molecular weight is 403 g/mol. The molecule has 1 aliphatic rings. The van der Waals surface area contributed by atoms with Crippen LogP contribution in [0.3, 0.4) is 0 Å². The van der Waals surface area contributed by atoms with E-state index >= 15 is 0 Å². The Balaban J connectivity index is 1.31. The molecule has 1 aromatic carbocycles. The van der Waals surface area contributed by atoms with Crippen molar-refractivity contribution in [3.63, 3.8) is 0 Å². The summed E-state index contributed by atoms with van der Waals surface area (Å²) in [5.41, 5.74) is 1.17. The second-order valence-electron chi connectivity index (χ2n) is 6.93. The van der Waals surface area contributed by atoms with Gasteiger partial charge in [0.1, 0.15) is 0 Å². The summed E-state index contributed by atoms with van der Waals surface area (Å²) in [6.45, 7) is 3.12. The van der Waals surface area contributed by atoms with Crippen LogP contribution < -0.4 is 5.32 Å². The largest absolute Gasteiger partial charge is 0.353 e. The number of amides is 2. The number of aryl methyl sites for hydroxylation is 2. The van der Waals surface area contributed by atoms with Crippen molar-refractivity contribution in [1.82, 2.24) is 20.4 Å². The van der Waals surface area contributed by atoms with E-state index in [4.69, 9.17) is 4.52 Å². The number of benzene rings is 1. The number of hydrogen-bond acceptors (Lipinski definition) is 6. The molecule has 1 fully saturated rings. The van der Waals surface area contributed by atoms with Gasteiger partial charge in [-0.3, -0.25) is 9.59 Å². The standard InChI is InChI=1S/C20H26N4O3S/c1-15-21-18(23-27-15)13-28-14-20(26)24-11-9-17(10-12-24)22-19(25)8-7-16-5-3-2-4-6-16/h2-6,17H,7-14H2,1H3,(H,22,25). The van der Waals surface area contributed by atoms with Crippen molar-refractivity contribution in [3.05, 3.63) is 47.6 Å². The lowest BCUT2D eigenvalue weighted by Crippen LogP contribution is -2.47. The molecule has 8 heteroatoms. The minimum atomic E-state index is 0.0830. The Morgan fingerprint density at radius 2 is 2.00 bits per heavy atom. The molecule has 2 heterocycles. The van der Waals surface area contributed by atoms with Crippen LogP contribution >= 0.6 is 11.8 Å². The van der Waals surface area contributed by atoms with Gasteiger partial charge >= 0.3 is 0 Å². The molecule has 7 nitrogen and oxygen atoms in total. The third-order valence-corrected chi connectivity index (χ3v) is 5.64. The third kappa shape index (κ3) is 6.37. The van der Waals surface area contributed by atoms with E-state index in [2.05, 4.69) is 15.5 Å². The van der Waals surface area contributed by atoms with Gasteiger partial charge in [0.2, 0.25) is 17.7 Å². The van der Waals surface area contributed by atoms with E-state index < -0.39 is 0 Å². The predicted molar refractivity (Wildman–Crippen MR) is 108 cm³/mol. The minimum absolute atomic E-state index is 0.0830. The Kier molecular flexibility index (Phi) is 7.47. The molecule has 1 aromatic heterocycles. The van der Waals surface area contributed by atoms with E-state index in [1.165, 1.54) is 17.3 Å². The van der Waals surface area contributed by atoms with Crippen LogP contribution in [0.5, 0.6) is 0 Å². The SMILES string of the molecule is Cc1nc(CSCC(=O)N2CCC(NC(=O)CCc3ccccc3)CC2)no1. The van der Waals surface area contributed by atoms with Gasteiger partial charge < -0.3 is 14.7 Å². The highest BCUT2D eigenvalue weighted by atomic mass is 32.2. The molecule has 150 valence electrons. The molecular weight excluding hydrogens is 376 g/mol. The summed E-state index contributed by atoms with van der Waals surface area (Å²) in [6, 6.07) is 10.2. The normalized spacial score (nSPS) is 14.8. The number of carbonyl (C=O) groups is 2. The summed E-state index contributed by atoms with van der Waals surface area (Å²) in [6.07, 6.45) is 2.85. The number of rotatable bonds is 8. The Morgan fingerprint density at radius 1 is 1.25 bits per heavy atom. The molecule has 3 rings (SSSR count). The summed E-state index contributed by atoms with van der Waals surface area (Å²) in [5, 5.41) is 6.93. The molecular formula is C20H26N4O3S. The Bertz CT molecular complexity index is 773.